The Balaban J connectivity index is 2.67. The van der Waals surface area contributed by atoms with E-state index in [0.29, 0.717) is 0 Å². The first-order valence-electron chi connectivity index (χ1n) is 3.90. The molecule has 0 radical (unpaired) electrons. The highest BCUT2D eigenvalue weighted by Crippen LogP contribution is 2.06. The van der Waals surface area contributed by atoms with E-state index in [4.69, 9.17) is 5.73 Å². The van der Waals surface area contributed by atoms with E-state index in [1.807, 2.05) is 19.2 Å². The van der Waals surface area contributed by atoms with Gasteiger partial charge in [0.05, 0.1) is 0 Å². The van der Waals surface area contributed by atoms with E-state index < -0.39 is 0 Å². The Kier molecular flexibility index (Phi) is 1.46. The molecule has 0 aromatic carbocycles. The highest BCUT2D eigenvalue weighted by molar-refractivity contribution is 5.50. The summed E-state index contributed by atoms with van der Waals surface area (Å²) >= 11 is 0. The van der Waals surface area contributed by atoms with Gasteiger partial charge in [0.25, 0.3) is 0 Å². The fraction of sp³-hybridized carbons (Fsp3) is 0.250. The summed E-state index contributed by atoms with van der Waals surface area (Å²) in [6, 6.07) is 3.62. The Morgan fingerprint density at radius 2 is 2.42 bits per heavy atom. The van der Waals surface area contributed by atoms with Crippen molar-refractivity contribution in [3.63, 3.8) is 0 Å². The van der Waals surface area contributed by atoms with Gasteiger partial charge in [-0.2, -0.15) is 5.10 Å². The van der Waals surface area contributed by atoms with Crippen molar-refractivity contribution in [3.8, 4) is 0 Å². The van der Waals surface area contributed by atoms with Crippen LogP contribution in [0.2, 0.25) is 0 Å². The number of nitrogens with zero attached hydrogens (tertiary/aromatic N) is 3. The van der Waals surface area contributed by atoms with Crippen molar-refractivity contribution < 1.29 is 0 Å². The first-order chi connectivity index (χ1) is 5.79. The van der Waals surface area contributed by atoms with Gasteiger partial charge in [-0.15, -0.1) is 0 Å². The average molecular weight is 162 g/mol. The maximum absolute atomic E-state index is 5.59. The SMILES string of the molecule is CCc1nc2cc(N)ccn2n1. The summed E-state index contributed by atoms with van der Waals surface area (Å²) < 4.78 is 1.73. The lowest BCUT2D eigenvalue weighted by atomic mass is 10.4. The molecule has 0 aliphatic heterocycles. The normalized spacial score (nSPS) is 10.8. The molecule has 0 unspecified atom stereocenters. The van der Waals surface area contributed by atoms with Crippen LogP contribution in [0.3, 0.4) is 0 Å². The monoisotopic (exact) mass is 162 g/mol. The zero-order chi connectivity index (χ0) is 8.55. The zero-order valence-corrected chi connectivity index (χ0v) is 6.86. The molecule has 0 amide bonds. The fourth-order valence-corrected chi connectivity index (χ4v) is 1.09. The van der Waals surface area contributed by atoms with E-state index in [9.17, 15) is 0 Å². The minimum Gasteiger partial charge on any atom is -0.399 e. The molecule has 2 N–H and O–H groups in total. The van der Waals surface area contributed by atoms with Gasteiger partial charge in [0.1, 0.15) is 0 Å². The summed E-state index contributed by atoms with van der Waals surface area (Å²) in [6.07, 6.45) is 2.67. The van der Waals surface area contributed by atoms with Crippen LogP contribution in [0, 0.1) is 0 Å². The number of fused-ring (bicyclic) bond motifs is 1. The van der Waals surface area contributed by atoms with Crippen molar-refractivity contribution >= 4 is 11.3 Å². The Morgan fingerprint density at radius 1 is 1.58 bits per heavy atom. The minimum atomic E-state index is 0.720. The average Bonchev–Trinajstić information content (AvgIpc) is 2.46. The molecule has 0 aliphatic carbocycles. The largest absolute Gasteiger partial charge is 0.399 e. The maximum Gasteiger partial charge on any atom is 0.157 e. The molecule has 2 heterocycles. The Bertz CT molecular complexity index is 404. The molecule has 62 valence electrons. The van der Waals surface area contributed by atoms with E-state index in [2.05, 4.69) is 10.1 Å². The van der Waals surface area contributed by atoms with Crippen LogP contribution in [0.4, 0.5) is 5.69 Å². The third kappa shape index (κ3) is 1.01. The quantitative estimate of drug-likeness (QED) is 0.677. The molecule has 0 atom stereocenters. The van der Waals surface area contributed by atoms with E-state index in [-0.39, 0.29) is 0 Å². The van der Waals surface area contributed by atoms with Crippen LogP contribution >= 0.6 is 0 Å². The lowest BCUT2D eigenvalue weighted by Gasteiger charge is -1.91. The fourth-order valence-electron chi connectivity index (χ4n) is 1.09. The number of aromatic nitrogens is 3. The Labute approximate surface area is 70.0 Å². The van der Waals surface area contributed by atoms with Gasteiger partial charge in [-0.05, 0) is 6.07 Å². The van der Waals surface area contributed by atoms with Crippen LogP contribution in [0.1, 0.15) is 12.7 Å². The van der Waals surface area contributed by atoms with Crippen molar-refractivity contribution in [1.82, 2.24) is 14.6 Å². The second-order valence-corrected chi connectivity index (χ2v) is 2.64. The molecule has 0 fully saturated rings. The van der Waals surface area contributed by atoms with Crippen LogP contribution in [-0.4, -0.2) is 14.6 Å². The van der Waals surface area contributed by atoms with Gasteiger partial charge in [-0.1, -0.05) is 6.92 Å². The molecule has 0 saturated heterocycles. The van der Waals surface area contributed by atoms with Gasteiger partial charge >= 0.3 is 0 Å². The molecule has 4 heteroatoms. The number of pyridine rings is 1. The van der Waals surface area contributed by atoms with Gasteiger partial charge in [0.2, 0.25) is 0 Å². The third-order valence-electron chi connectivity index (χ3n) is 1.72. The number of nitrogens with two attached hydrogens (primary N) is 1. The van der Waals surface area contributed by atoms with E-state index >= 15 is 0 Å². The van der Waals surface area contributed by atoms with Gasteiger partial charge in [-0.25, -0.2) is 9.50 Å². The van der Waals surface area contributed by atoms with Crippen LogP contribution in [0.15, 0.2) is 18.3 Å². The molecule has 4 nitrogen and oxygen atoms in total. The zero-order valence-electron chi connectivity index (χ0n) is 6.86. The molecule has 2 aromatic rings. The molecule has 0 saturated carbocycles. The van der Waals surface area contributed by atoms with Gasteiger partial charge in [0.15, 0.2) is 11.5 Å². The molecule has 0 bridgehead atoms. The maximum atomic E-state index is 5.59. The van der Waals surface area contributed by atoms with Crippen molar-refractivity contribution in [2.24, 2.45) is 0 Å². The second kappa shape index (κ2) is 2.48. The Hall–Kier alpha value is -1.58. The third-order valence-corrected chi connectivity index (χ3v) is 1.72. The molecule has 0 spiro atoms. The topological polar surface area (TPSA) is 56.2 Å². The summed E-state index contributed by atoms with van der Waals surface area (Å²) in [5.74, 6) is 0.848. The van der Waals surface area contributed by atoms with E-state index in [0.717, 1.165) is 23.6 Å². The number of anilines is 1. The summed E-state index contributed by atoms with van der Waals surface area (Å²) in [5, 5.41) is 4.22. The summed E-state index contributed by atoms with van der Waals surface area (Å²) in [6.45, 7) is 2.03. The molecule has 2 aromatic heterocycles. The summed E-state index contributed by atoms with van der Waals surface area (Å²) in [4.78, 5) is 4.26. The van der Waals surface area contributed by atoms with Crippen LogP contribution in [0.25, 0.3) is 5.65 Å². The Morgan fingerprint density at radius 3 is 3.17 bits per heavy atom. The smallest absolute Gasteiger partial charge is 0.157 e. The molecular formula is C8H10N4. The van der Waals surface area contributed by atoms with Crippen molar-refractivity contribution in [2.75, 3.05) is 5.73 Å². The molecular weight excluding hydrogens is 152 g/mol. The van der Waals surface area contributed by atoms with Gasteiger partial charge in [0, 0.05) is 24.4 Å². The van der Waals surface area contributed by atoms with E-state index in [1.54, 1.807) is 10.6 Å². The summed E-state index contributed by atoms with van der Waals surface area (Å²) in [7, 11) is 0. The molecule has 2 rings (SSSR count). The molecule has 0 aliphatic rings. The van der Waals surface area contributed by atoms with Gasteiger partial charge < -0.3 is 5.73 Å². The van der Waals surface area contributed by atoms with Crippen LogP contribution in [-0.2, 0) is 6.42 Å². The highest BCUT2D eigenvalue weighted by Gasteiger charge is 1.99. The standard InChI is InChI=1S/C8H10N4/c1-2-7-10-8-5-6(9)3-4-12(8)11-7/h3-5H,2,9H2,1H3. The predicted octanol–water partition coefficient (Wildman–Crippen LogP) is 0.874. The first kappa shape index (κ1) is 7.09. The number of aryl methyl sites for hydroxylation is 1. The van der Waals surface area contributed by atoms with Crippen molar-refractivity contribution in [3.05, 3.63) is 24.2 Å². The number of hydrogen-bond acceptors (Lipinski definition) is 3. The number of nitrogen functional groups attached to an aromatic ring is 1. The van der Waals surface area contributed by atoms with Crippen molar-refractivity contribution in [1.29, 1.82) is 0 Å². The van der Waals surface area contributed by atoms with Gasteiger partial charge in [-0.3, -0.25) is 0 Å². The minimum absolute atomic E-state index is 0.720. The lowest BCUT2D eigenvalue weighted by Crippen LogP contribution is -1.90. The number of hydrogen-bond donors (Lipinski definition) is 1. The van der Waals surface area contributed by atoms with Crippen LogP contribution in [0.5, 0.6) is 0 Å². The van der Waals surface area contributed by atoms with E-state index in [1.165, 1.54) is 0 Å². The highest BCUT2D eigenvalue weighted by atomic mass is 15.3. The number of rotatable bonds is 1. The lowest BCUT2D eigenvalue weighted by molar-refractivity contribution is 0.886. The second-order valence-electron chi connectivity index (χ2n) is 2.64. The van der Waals surface area contributed by atoms with Crippen molar-refractivity contribution in [2.45, 2.75) is 13.3 Å². The first-order valence-corrected chi connectivity index (χ1v) is 3.90. The summed E-state index contributed by atoms with van der Waals surface area (Å²) in [5.41, 5.74) is 7.13. The van der Waals surface area contributed by atoms with Crippen LogP contribution < -0.4 is 5.73 Å². The predicted molar refractivity (Wildman–Crippen MR) is 46.8 cm³/mol. The molecule has 12 heavy (non-hydrogen) atoms.